The molecule has 3 atom stereocenters. The number of aromatic nitrogens is 2. The first-order valence-corrected chi connectivity index (χ1v) is 17.7. The molecule has 0 saturated carbocycles. The topological polar surface area (TPSA) is 233 Å². The molecular weight excluding hydrogens is 701 g/mol. The van der Waals surface area contributed by atoms with Gasteiger partial charge in [0.15, 0.2) is 6.23 Å². The number of amides is 2. The van der Waals surface area contributed by atoms with Gasteiger partial charge >= 0.3 is 0 Å². The van der Waals surface area contributed by atoms with E-state index in [4.69, 9.17) is 26.7 Å². The average molecular weight is 745 g/mol. The summed E-state index contributed by atoms with van der Waals surface area (Å²) in [6.45, 7) is 1.63. The Morgan fingerprint density at radius 3 is 1.82 bits per heavy atom. The van der Waals surface area contributed by atoms with Gasteiger partial charge in [0.1, 0.15) is 11.5 Å². The third-order valence-electron chi connectivity index (χ3n) is 9.34. The summed E-state index contributed by atoms with van der Waals surface area (Å²) >= 11 is 0. The van der Waals surface area contributed by atoms with Crippen molar-refractivity contribution in [2.24, 2.45) is 17.2 Å². The second-order valence-corrected chi connectivity index (χ2v) is 12.8. The second kappa shape index (κ2) is 17.2. The van der Waals surface area contributed by atoms with Crippen LogP contribution in [-0.4, -0.2) is 58.4 Å². The number of methoxy groups -OCH3 is 1. The molecule has 14 heteroatoms. The van der Waals surface area contributed by atoms with Crippen LogP contribution in [0.3, 0.4) is 0 Å². The highest BCUT2D eigenvalue weighted by atomic mass is 16.5. The highest BCUT2D eigenvalue weighted by molar-refractivity contribution is 6.09. The molecule has 1 unspecified atom stereocenters. The van der Waals surface area contributed by atoms with E-state index in [1.54, 1.807) is 62.7 Å². The smallest absolute Gasteiger partial charge is 0.256 e. The van der Waals surface area contributed by atoms with Crippen LogP contribution in [-0.2, 0) is 13.2 Å². The highest BCUT2D eigenvalue weighted by Gasteiger charge is 2.21. The van der Waals surface area contributed by atoms with Crippen LogP contribution in [0.4, 0.5) is 11.4 Å². The van der Waals surface area contributed by atoms with Gasteiger partial charge in [0, 0.05) is 47.4 Å². The van der Waals surface area contributed by atoms with Crippen molar-refractivity contribution in [1.82, 2.24) is 15.3 Å². The van der Waals surface area contributed by atoms with Crippen molar-refractivity contribution in [2.45, 2.75) is 38.4 Å². The average Bonchev–Trinajstić information content (AvgIpc) is 3.21. The van der Waals surface area contributed by atoms with Crippen molar-refractivity contribution in [3.05, 3.63) is 131 Å². The number of carbonyl (C=O) groups is 2. The molecule has 0 spiro atoms. The molecule has 0 fully saturated rings. The lowest BCUT2D eigenvalue weighted by atomic mass is 10.0. The van der Waals surface area contributed by atoms with Gasteiger partial charge in [-0.3, -0.25) is 19.6 Å². The SMILES string of the molecule is COc1cccc([C@@H](CN)Nc2c(CO)cnc3c(C(=O)NC(C)Oc4ccc([C@@H](CN)Nc5c(CO)cnc6c(C(N)=O)cccc56)cc4)cccc23)c1. The molecule has 284 valence electrons. The fourth-order valence-corrected chi connectivity index (χ4v) is 6.53. The number of nitrogens with zero attached hydrogens (tertiary/aromatic N) is 2. The number of primary amides is 1. The Hall–Kier alpha value is -6.32. The van der Waals surface area contributed by atoms with Crippen LogP contribution in [0.15, 0.2) is 97.3 Å². The van der Waals surface area contributed by atoms with E-state index in [0.29, 0.717) is 61.4 Å². The maximum atomic E-state index is 13.7. The molecule has 6 aromatic rings. The normalized spacial score (nSPS) is 12.8. The van der Waals surface area contributed by atoms with E-state index >= 15 is 0 Å². The Balaban J connectivity index is 1.17. The van der Waals surface area contributed by atoms with Crippen LogP contribution in [0.2, 0.25) is 0 Å². The molecule has 0 aliphatic rings. The van der Waals surface area contributed by atoms with Crippen molar-refractivity contribution in [1.29, 1.82) is 0 Å². The Morgan fingerprint density at radius 1 is 0.727 bits per heavy atom. The van der Waals surface area contributed by atoms with Crippen LogP contribution in [0.5, 0.6) is 11.5 Å². The standard InChI is InChI=1S/C41H44N8O6/c1-23(55-28-14-12-24(13-15-28)34(17-42)48-36-26(21-50)19-45-38-30(36)8-4-10-32(38)40(44)52)47-41(53)33-11-5-9-31-37(27(22-51)20-46-39(31)33)49-35(18-43)25-6-3-7-29(16-25)54-2/h3-16,19-20,23,34-35,50-51H,17-18,21-22,42-43H2,1-2H3,(H2,44,52)(H,45,48)(H,46,49)(H,47,53)/t23?,34-,35-/m1/s1. The minimum atomic E-state index is -0.726. The van der Waals surface area contributed by atoms with E-state index in [-0.39, 0.29) is 44.0 Å². The molecule has 55 heavy (non-hydrogen) atoms. The number of nitrogens with two attached hydrogens (primary N) is 3. The molecule has 0 aliphatic heterocycles. The minimum Gasteiger partial charge on any atom is -0.497 e. The molecule has 14 nitrogen and oxygen atoms in total. The number of fused-ring (bicyclic) bond motifs is 2. The van der Waals surface area contributed by atoms with E-state index in [0.717, 1.165) is 11.1 Å². The molecule has 2 amide bonds. The number of aliphatic hydroxyl groups excluding tert-OH is 2. The summed E-state index contributed by atoms with van der Waals surface area (Å²) in [6.07, 6.45) is 2.33. The zero-order valence-corrected chi connectivity index (χ0v) is 30.5. The predicted octanol–water partition coefficient (Wildman–Crippen LogP) is 4.25. The summed E-state index contributed by atoms with van der Waals surface area (Å²) in [7, 11) is 1.60. The molecule has 6 rings (SSSR count). The van der Waals surface area contributed by atoms with Gasteiger partial charge in [0.2, 0.25) is 0 Å². The Kier molecular flexibility index (Phi) is 12.0. The van der Waals surface area contributed by atoms with Crippen LogP contribution >= 0.6 is 0 Å². The Bertz CT molecular complexity index is 2320. The number of nitrogens with one attached hydrogen (secondary N) is 3. The van der Waals surface area contributed by atoms with Crippen molar-refractivity contribution < 1.29 is 29.3 Å². The van der Waals surface area contributed by atoms with Gasteiger partial charge in [-0.25, -0.2) is 0 Å². The summed E-state index contributed by atoms with van der Waals surface area (Å²) in [5, 5.41) is 31.3. The number of hydrogen-bond donors (Lipinski definition) is 8. The Morgan fingerprint density at radius 2 is 1.27 bits per heavy atom. The molecule has 2 heterocycles. The van der Waals surface area contributed by atoms with Crippen molar-refractivity contribution in [3.63, 3.8) is 0 Å². The second-order valence-electron chi connectivity index (χ2n) is 12.8. The summed E-state index contributed by atoms with van der Waals surface area (Å²) in [5.41, 5.74) is 23.5. The molecule has 0 aliphatic carbocycles. The highest BCUT2D eigenvalue weighted by Crippen LogP contribution is 2.34. The summed E-state index contributed by atoms with van der Waals surface area (Å²) < 4.78 is 11.5. The molecule has 0 bridgehead atoms. The van der Waals surface area contributed by atoms with Gasteiger partial charge in [-0.15, -0.1) is 0 Å². The maximum absolute atomic E-state index is 13.7. The van der Waals surface area contributed by atoms with Crippen LogP contribution < -0.4 is 42.6 Å². The number of benzene rings is 4. The van der Waals surface area contributed by atoms with Gasteiger partial charge in [-0.05, 0) is 54.4 Å². The van der Waals surface area contributed by atoms with Crippen molar-refractivity contribution in [2.75, 3.05) is 30.8 Å². The van der Waals surface area contributed by atoms with E-state index < -0.39 is 18.0 Å². The number of anilines is 2. The molecule has 0 saturated heterocycles. The lowest BCUT2D eigenvalue weighted by Gasteiger charge is -2.23. The monoisotopic (exact) mass is 744 g/mol. The molecule has 0 radical (unpaired) electrons. The number of para-hydroxylation sites is 2. The first-order valence-electron chi connectivity index (χ1n) is 17.7. The number of pyridine rings is 2. The number of rotatable bonds is 16. The minimum absolute atomic E-state index is 0.209. The van der Waals surface area contributed by atoms with E-state index in [1.807, 2.05) is 42.5 Å². The zero-order chi connectivity index (χ0) is 39.1. The molecular formula is C41H44N8O6. The van der Waals surface area contributed by atoms with Gasteiger partial charge in [0.05, 0.1) is 65.9 Å². The van der Waals surface area contributed by atoms with Crippen LogP contribution in [0, 0.1) is 0 Å². The van der Waals surface area contributed by atoms with E-state index in [1.165, 1.54) is 6.20 Å². The fourth-order valence-electron chi connectivity index (χ4n) is 6.53. The number of aliphatic hydroxyl groups is 2. The van der Waals surface area contributed by atoms with Gasteiger partial charge in [0.25, 0.3) is 11.8 Å². The largest absolute Gasteiger partial charge is 0.497 e. The summed E-state index contributed by atoms with van der Waals surface area (Å²) in [6, 6.07) is 24.5. The molecule has 11 N–H and O–H groups in total. The summed E-state index contributed by atoms with van der Waals surface area (Å²) in [5.74, 6) is 0.192. The van der Waals surface area contributed by atoms with E-state index in [2.05, 4.69) is 25.9 Å². The number of carbonyl (C=O) groups excluding carboxylic acids is 2. The first kappa shape index (κ1) is 38.4. The van der Waals surface area contributed by atoms with Gasteiger partial charge in [-0.1, -0.05) is 48.5 Å². The van der Waals surface area contributed by atoms with Crippen molar-refractivity contribution >= 4 is 45.0 Å². The van der Waals surface area contributed by atoms with Crippen LogP contribution in [0.25, 0.3) is 21.8 Å². The van der Waals surface area contributed by atoms with Gasteiger partial charge in [-0.2, -0.15) is 0 Å². The predicted molar refractivity (Wildman–Crippen MR) is 212 cm³/mol. The number of hydrogen-bond acceptors (Lipinski definition) is 12. The van der Waals surface area contributed by atoms with E-state index in [9.17, 15) is 19.8 Å². The molecule has 4 aromatic carbocycles. The Labute approximate surface area is 317 Å². The lowest BCUT2D eigenvalue weighted by Crippen LogP contribution is -2.36. The zero-order valence-electron chi connectivity index (χ0n) is 30.5. The first-order chi connectivity index (χ1) is 26.7. The third kappa shape index (κ3) is 8.27. The molecule has 2 aromatic heterocycles. The lowest BCUT2D eigenvalue weighted by molar-refractivity contribution is 0.0852. The van der Waals surface area contributed by atoms with Crippen molar-refractivity contribution in [3.8, 4) is 11.5 Å². The fraction of sp³-hybridized carbons (Fsp3) is 0.220. The quantitative estimate of drug-likeness (QED) is 0.0650. The summed E-state index contributed by atoms with van der Waals surface area (Å²) in [4.78, 5) is 34.6. The third-order valence-corrected chi connectivity index (χ3v) is 9.34. The van der Waals surface area contributed by atoms with Gasteiger partial charge < -0.3 is 52.8 Å². The maximum Gasteiger partial charge on any atom is 0.256 e. The number of ether oxygens (including phenoxy) is 2. The van der Waals surface area contributed by atoms with Crippen LogP contribution in [0.1, 0.15) is 62.0 Å².